The molecule has 0 radical (unpaired) electrons. The van der Waals surface area contributed by atoms with Crippen LogP contribution in [0.3, 0.4) is 0 Å². The fourth-order valence-corrected chi connectivity index (χ4v) is 1.63. The van der Waals surface area contributed by atoms with Crippen molar-refractivity contribution in [3.8, 4) is 5.75 Å². The van der Waals surface area contributed by atoms with Crippen molar-refractivity contribution in [2.75, 3.05) is 6.61 Å². The predicted octanol–water partition coefficient (Wildman–Crippen LogP) is 3.20. The molecule has 1 heterocycles. The van der Waals surface area contributed by atoms with E-state index >= 15 is 0 Å². The van der Waals surface area contributed by atoms with Crippen LogP contribution in [0.1, 0.15) is 19.5 Å². The average molecular weight is 201 g/mol. The molecule has 0 unspecified atom stereocenters. The number of pyridine rings is 1. The first kappa shape index (κ1) is 9.97. The molecule has 1 aromatic carbocycles. The van der Waals surface area contributed by atoms with E-state index in [0.29, 0.717) is 6.61 Å². The molecule has 0 spiro atoms. The number of para-hydroxylation sites is 1. The van der Waals surface area contributed by atoms with Crippen molar-refractivity contribution in [3.05, 3.63) is 36.0 Å². The average Bonchev–Trinajstić information content (AvgIpc) is 2.29. The zero-order valence-electron chi connectivity index (χ0n) is 9.16. The van der Waals surface area contributed by atoms with E-state index in [-0.39, 0.29) is 0 Å². The smallest absolute Gasteiger partial charge is 0.145 e. The molecular weight excluding hydrogens is 186 g/mol. The summed E-state index contributed by atoms with van der Waals surface area (Å²) in [6, 6.07) is 10.2. The molecule has 0 saturated heterocycles. The topological polar surface area (TPSA) is 22.1 Å². The molecule has 0 aliphatic carbocycles. The first-order chi connectivity index (χ1) is 7.35. The third-order valence-electron chi connectivity index (χ3n) is 2.40. The second-order valence-corrected chi connectivity index (χ2v) is 3.42. The van der Waals surface area contributed by atoms with Gasteiger partial charge in [-0.3, -0.25) is 0 Å². The summed E-state index contributed by atoms with van der Waals surface area (Å²) in [7, 11) is 0. The number of benzene rings is 1. The van der Waals surface area contributed by atoms with E-state index in [1.54, 1.807) is 0 Å². The zero-order chi connectivity index (χ0) is 10.7. The molecule has 15 heavy (non-hydrogen) atoms. The number of ether oxygens (including phenoxy) is 1. The molecule has 0 atom stereocenters. The highest BCUT2D eigenvalue weighted by Crippen LogP contribution is 2.23. The van der Waals surface area contributed by atoms with Crippen LogP contribution in [0.2, 0.25) is 0 Å². The van der Waals surface area contributed by atoms with Crippen LogP contribution < -0.4 is 4.74 Å². The molecule has 78 valence electrons. The van der Waals surface area contributed by atoms with Gasteiger partial charge in [0.15, 0.2) is 0 Å². The SMILES string of the molecule is CCOc1cccc2ccc(CC)nc12. The second kappa shape index (κ2) is 4.30. The molecular formula is C13H15NO. The number of hydrogen-bond acceptors (Lipinski definition) is 2. The van der Waals surface area contributed by atoms with Crippen LogP contribution in [0.15, 0.2) is 30.3 Å². The Labute approximate surface area is 89.9 Å². The summed E-state index contributed by atoms with van der Waals surface area (Å²) in [5.41, 5.74) is 2.08. The number of fused-ring (bicyclic) bond motifs is 1. The predicted molar refractivity (Wildman–Crippen MR) is 62.3 cm³/mol. The van der Waals surface area contributed by atoms with E-state index in [0.717, 1.165) is 28.8 Å². The van der Waals surface area contributed by atoms with Crippen LogP contribution in [0.5, 0.6) is 5.75 Å². The first-order valence-corrected chi connectivity index (χ1v) is 5.36. The summed E-state index contributed by atoms with van der Waals surface area (Å²) in [6.07, 6.45) is 0.955. The minimum atomic E-state index is 0.678. The molecule has 2 aromatic rings. The fourth-order valence-electron chi connectivity index (χ4n) is 1.63. The van der Waals surface area contributed by atoms with E-state index in [2.05, 4.69) is 30.1 Å². The summed E-state index contributed by atoms with van der Waals surface area (Å²) < 4.78 is 5.56. The number of aryl methyl sites for hydroxylation is 1. The Balaban J connectivity index is 2.59. The van der Waals surface area contributed by atoms with Crippen molar-refractivity contribution in [3.63, 3.8) is 0 Å². The Hall–Kier alpha value is -1.57. The van der Waals surface area contributed by atoms with Gasteiger partial charge in [0.25, 0.3) is 0 Å². The molecule has 0 fully saturated rings. The van der Waals surface area contributed by atoms with Gasteiger partial charge in [0.1, 0.15) is 11.3 Å². The molecule has 2 heteroatoms. The van der Waals surface area contributed by atoms with E-state index in [9.17, 15) is 0 Å². The quantitative estimate of drug-likeness (QED) is 0.760. The Morgan fingerprint density at radius 2 is 2.00 bits per heavy atom. The van der Waals surface area contributed by atoms with Gasteiger partial charge in [-0.25, -0.2) is 4.98 Å². The Morgan fingerprint density at radius 1 is 1.13 bits per heavy atom. The van der Waals surface area contributed by atoms with Crippen molar-refractivity contribution in [1.82, 2.24) is 4.98 Å². The maximum absolute atomic E-state index is 5.56. The molecule has 1 aromatic heterocycles. The van der Waals surface area contributed by atoms with Crippen LogP contribution in [0.25, 0.3) is 10.9 Å². The highest BCUT2D eigenvalue weighted by atomic mass is 16.5. The number of rotatable bonds is 3. The fraction of sp³-hybridized carbons (Fsp3) is 0.308. The highest BCUT2D eigenvalue weighted by molar-refractivity contribution is 5.84. The molecule has 2 rings (SSSR count). The molecule has 0 aliphatic rings. The minimum Gasteiger partial charge on any atom is -0.492 e. The Morgan fingerprint density at radius 3 is 2.73 bits per heavy atom. The molecule has 0 bridgehead atoms. The summed E-state index contributed by atoms with van der Waals surface area (Å²) in [5.74, 6) is 0.880. The van der Waals surface area contributed by atoms with Crippen molar-refractivity contribution in [1.29, 1.82) is 0 Å². The summed E-state index contributed by atoms with van der Waals surface area (Å²) in [4.78, 5) is 4.59. The first-order valence-electron chi connectivity index (χ1n) is 5.36. The number of hydrogen-bond donors (Lipinski definition) is 0. The molecule has 0 N–H and O–H groups in total. The summed E-state index contributed by atoms with van der Waals surface area (Å²) in [6.45, 7) is 4.77. The van der Waals surface area contributed by atoms with Gasteiger partial charge in [-0.1, -0.05) is 25.1 Å². The Bertz CT molecular complexity index is 465. The lowest BCUT2D eigenvalue weighted by Gasteiger charge is -2.07. The van der Waals surface area contributed by atoms with Gasteiger partial charge in [0, 0.05) is 11.1 Å². The maximum Gasteiger partial charge on any atom is 0.145 e. The van der Waals surface area contributed by atoms with Gasteiger partial charge in [-0.05, 0) is 25.5 Å². The van der Waals surface area contributed by atoms with Gasteiger partial charge in [-0.15, -0.1) is 0 Å². The maximum atomic E-state index is 5.56. The number of nitrogens with zero attached hydrogens (tertiary/aromatic N) is 1. The van der Waals surface area contributed by atoms with Gasteiger partial charge in [0.05, 0.1) is 6.61 Å². The third-order valence-corrected chi connectivity index (χ3v) is 2.40. The summed E-state index contributed by atoms with van der Waals surface area (Å²) in [5, 5.41) is 1.14. The lowest BCUT2D eigenvalue weighted by Crippen LogP contribution is -1.95. The molecule has 0 saturated carbocycles. The number of aromatic nitrogens is 1. The van der Waals surface area contributed by atoms with Crippen LogP contribution in [0.4, 0.5) is 0 Å². The molecule has 0 amide bonds. The van der Waals surface area contributed by atoms with E-state index in [1.807, 2.05) is 19.1 Å². The lowest BCUT2D eigenvalue weighted by atomic mass is 10.2. The second-order valence-electron chi connectivity index (χ2n) is 3.42. The minimum absolute atomic E-state index is 0.678. The summed E-state index contributed by atoms with van der Waals surface area (Å²) >= 11 is 0. The van der Waals surface area contributed by atoms with Gasteiger partial charge < -0.3 is 4.74 Å². The standard InChI is InChI=1S/C13H15NO/c1-3-11-9-8-10-6-5-7-12(15-4-2)13(10)14-11/h5-9H,3-4H2,1-2H3. The largest absolute Gasteiger partial charge is 0.492 e. The third kappa shape index (κ3) is 1.94. The molecule has 0 aliphatic heterocycles. The van der Waals surface area contributed by atoms with Gasteiger partial charge in [-0.2, -0.15) is 0 Å². The van der Waals surface area contributed by atoms with Crippen molar-refractivity contribution in [2.24, 2.45) is 0 Å². The van der Waals surface area contributed by atoms with Gasteiger partial charge >= 0.3 is 0 Å². The normalized spacial score (nSPS) is 10.5. The van der Waals surface area contributed by atoms with E-state index in [4.69, 9.17) is 4.74 Å². The van der Waals surface area contributed by atoms with Crippen molar-refractivity contribution < 1.29 is 4.74 Å². The van der Waals surface area contributed by atoms with Gasteiger partial charge in [0.2, 0.25) is 0 Å². The van der Waals surface area contributed by atoms with Crippen molar-refractivity contribution in [2.45, 2.75) is 20.3 Å². The van der Waals surface area contributed by atoms with Crippen molar-refractivity contribution >= 4 is 10.9 Å². The monoisotopic (exact) mass is 201 g/mol. The van der Waals surface area contributed by atoms with Crippen LogP contribution in [-0.2, 0) is 6.42 Å². The molecule has 2 nitrogen and oxygen atoms in total. The van der Waals surface area contributed by atoms with E-state index < -0.39 is 0 Å². The Kier molecular flexibility index (Phi) is 2.86. The van der Waals surface area contributed by atoms with Crippen LogP contribution >= 0.6 is 0 Å². The van der Waals surface area contributed by atoms with Crippen LogP contribution in [0, 0.1) is 0 Å². The highest BCUT2D eigenvalue weighted by Gasteiger charge is 2.03. The van der Waals surface area contributed by atoms with E-state index in [1.165, 1.54) is 0 Å². The zero-order valence-corrected chi connectivity index (χ0v) is 9.16. The lowest BCUT2D eigenvalue weighted by molar-refractivity contribution is 0.343. The van der Waals surface area contributed by atoms with Crippen LogP contribution in [-0.4, -0.2) is 11.6 Å².